The molecule has 0 saturated carbocycles. The van der Waals surface area contributed by atoms with Crippen molar-refractivity contribution in [3.8, 4) is 0 Å². The van der Waals surface area contributed by atoms with Gasteiger partial charge in [-0.15, -0.1) is 22.7 Å². The lowest BCUT2D eigenvalue weighted by molar-refractivity contribution is -0.159. The molecule has 18 heteroatoms. The summed E-state index contributed by atoms with van der Waals surface area (Å²) >= 11 is 3.84. The molecule has 0 amide bonds. The topological polar surface area (TPSA) is 254 Å². The second-order valence-electron chi connectivity index (χ2n) is 9.63. The van der Waals surface area contributed by atoms with Crippen LogP contribution < -0.4 is 10.6 Å². The summed E-state index contributed by atoms with van der Waals surface area (Å²) in [6, 6.07) is 6.21. The third-order valence-electron chi connectivity index (χ3n) is 6.78. The molecular formula is C26H34N4O12S2. The number of aliphatic carboxylic acids is 6. The third kappa shape index (κ3) is 12.0. The number of fused-ring (bicyclic) bond motifs is 2. The van der Waals surface area contributed by atoms with Gasteiger partial charge in [-0.25, -0.2) is 28.8 Å². The molecule has 2 fully saturated rings. The van der Waals surface area contributed by atoms with Crippen molar-refractivity contribution >= 4 is 58.5 Å². The fourth-order valence-corrected chi connectivity index (χ4v) is 6.01. The van der Waals surface area contributed by atoms with E-state index in [0.29, 0.717) is 0 Å². The Labute approximate surface area is 259 Å². The van der Waals surface area contributed by atoms with Gasteiger partial charge in [0.25, 0.3) is 0 Å². The quantitative estimate of drug-likeness (QED) is 0.191. The summed E-state index contributed by atoms with van der Waals surface area (Å²) < 4.78 is 0. The Morgan fingerprint density at radius 1 is 0.568 bits per heavy atom. The lowest BCUT2D eigenvalue weighted by Crippen LogP contribution is -2.57. The number of thiophene rings is 2. The Kier molecular flexibility index (Phi) is 14.8. The van der Waals surface area contributed by atoms with Crippen molar-refractivity contribution in [3.05, 3.63) is 43.8 Å². The molecule has 0 aliphatic carbocycles. The maximum absolute atomic E-state index is 9.10. The lowest BCUT2D eigenvalue weighted by Gasteiger charge is -2.40. The zero-order valence-corrected chi connectivity index (χ0v) is 25.0. The minimum absolute atomic E-state index is 0.813. The Morgan fingerprint density at radius 2 is 0.864 bits per heavy atom. The molecule has 4 aliphatic rings. The Morgan fingerprint density at radius 3 is 1.09 bits per heavy atom. The first-order chi connectivity index (χ1) is 20.8. The first-order valence-corrected chi connectivity index (χ1v) is 14.9. The molecule has 2 saturated heterocycles. The molecule has 0 unspecified atom stereocenters. The number of hydrogen-bond donors (Lipinski definition) is 8. The Hall–Kier alpha value is -3.94. The highest BCUT2D eigenvalue weighted by atomic mass is 32.1. The van der Waals surface area contributed by atoms with E-state index in [1.807, 2.05) is 22.7 Å². The maximum Gasteiger partial charge on any atom is 0.414 e. The minimum atomic E-state index is -1.82. The standard InChI is InChI=1S/2C10H14N2S.3C2H2O4/c2*1-3-12(9-5-11-6-9)7-8-2-4-13-10(1)8;3*3-1(4)2(5)6/h2*2,4,9,11H,1,3,5-7H2;3*(H,3,4)(H,5,6). The van der Waals surface area contributed by atoms with Crippen molar-refractivity contribution in [3.63, 3.8) is 0 Å². The van der Waals surface area contributed by atoms with E-state index in [0.717, 1.165) is 12.1 Å². The van der Waals surface area contributed by atoms with Crippen LogP contribution in [0.25, 0.3) is 0 Å². The summed E-state index contributed by atoms with van der Waals surface area (Å²) in [7, 11) is 0. The number of carboxylic acid groups (broad SMARTS) is 6. The molecule has 44 heavy (non-hydrogen) atoms. The normalized spacial score (nSPS) is 17.2. The van der Waals surface area contributed by atoms with Gasteiger partial charge >= 0.3 is 35.8 Å². The van der Waals surface area contributed by atoms with Crippen molar-refractivity contribution in [2.24, 2.45) is 0 Å². The van der Waals surface area contributed by atoms with Crippen molar-refractivity contribution in [1.29, 1.82) is 0 Å². The molecule has 4 aliphatic heterocycles. The second-order valence-corrected chi connectivity index (χ2v) is 11.6. The predicted molar refractivity (Wildman–Crippen MR) is 156 cm³/mol. The smallest absolute Gasteiger partial charge is 0.414 e. The van der Waals surface area contributed by atoms with E-state index in [1.54, 1.807) is 20.9 Å². The molecule has 0 radical (unpaired) electrons. The van der Waals surface area contributed by atoms with E-state index in [-0.39, 0.29) is 0 Å². The number of hydrogen-bond acceptors (Lipinski definition) is 12. The van der Waals surface area contributed by atoms with Crippen LogP contribution in [0.5, 0.6) is 0 Å². The highest BCUT2D eigenvalue weighted by Gasteiger charge is 2.28. The summed E-state index contributed by atoms with van der Waals surface area (Å²) in [5.74, 6) is -10.9. The fraction of sp³-hybridized carbons (Fsp3) is 0.462. The molecule has 6 heterocycles. The molecule has 0 bridgehead atoms. The van der Waals surface area contributed by atoms with E-state index in [9.17, 15) is 0 Å². The molecule has 0 aromatic carbocycles. The van der Waals surface area contributed by atoms with Crippen LogP contribution in [0.1, 0.15) is 20.9 Å². The summed E-state index contributed by atoms with van der Waals surface area (Å²) in [4.78, 5) is 63.1. The van der Waals surface area contributed by atoms with E-state index in [2.05, 4.69) is 43.3 Å². The van der Waals surface area contributed by atoms with Gasteiger partial charge < -0.3 is 41.3 Å². The predicted octanol–water partition coefficient (Wildman–Crippen LogP) is -0.377. The zero-order chi connectivity index (χ0) is 32.8. The van der Waals surface area contributed by atoms with Gasteiger partial charge in [-0.3, -0.25) is 9.80 Å². The summed E-state index contributed by atoms with van der Waals surface area (Å²) in [5.41, 5.74) is 3.14. The maximum atomic E-state index is 9.10. The van der Waals surface area contributed by atoms with Crippen molar-refractivity contribution < 1.29 is 59.4 Å². The van der Waals surface area contributed by atoms with Gasteiger partial charge in [-0.1, -0.05) is 0 Å². The molecule has 16 nitrogen and oxygen atoms in total. The van der Waals surface area contributed by atoms with Gasteiger partial charge in [0.15, 0.2) is 0 Å². The van der Waals surface area contributed by atoms with Crippen LogP contribution in [0, 0.1) is 0 Å². The van der Waals surface area contributed by atoms with Crippen LogP contribution in [-0.2, 0) is 54.7 Å². The van der Waals surface area contributed by atoms with Crippen LogP contribution in [0.15, 0.2) is 22.9 Å². The highest BCUT2D eigenvalue weighted by molar-refractivity contribution is 7.10. The number of nitrogens with one attached hydrogen (secondary N) is 2. The third-order valence-corrected chi connectivity index (χ3v) is 8.82. The molecule has 2 aromatic rings. The summed E-state index contributed by atoms with van der Waals surface area (Å²) in [5, 5.41) is 55.5. The van der Waals surface area contributed by atoms with Gasteiger partial charge in [0, 0.05) is 74.2 Å². The van der Waals surface area contributed by atoms with Gasteiger partial charge in [-0.2, -0.15) is 0 Å². The first-order valence-electron chi connectivity index (χ1n) is 13.2. The van der Waals surface area contributed by atoms with Crippen LogP contribution in [-0.4, -0.2) is 128 Å². The number of rotatable bonds is 2. The molecule has 8 N–H and O–H groups in total. The van der Waals surface area contributed by atoms with Crippen LogP contribution in [0.2, 0.25) is 0 Å². The molecule has 0 atom stereocenters. The zero-order valence-electron chi connectivity index (χ0n) is 23.4. The van der Waals surface area contributed by atoms with Crippen LogP contribution in [0.3, 0.4) is 0 Å². The summed E-state index contributed by atoms with van der Waals surface area (Å²) in [6.45, 7) is 9.67. The van der Waals surface area contributed by atoms with Crippen molar-refractivity contribution in [1.82, 2.24) is 20.4 Å². The van der Waals surface area contributed by atoms with Gasteiger partial charge in [0.2, 0.25) is 0 Å². The minimum Gasteiger partial charge on any atom is -0.473 e. The van der Waals surface area contributed by atoms with Crippen molar-refractivity contribution in [2.75, 3.05) is 39.3 Å². The van der Waals surface area contributed by atoms with Gasteiger partial charge in [-0.05, 0) is 46.9 Å². The SMILES string of the molecule is O=C(O)C(=O)O.O=C(O)C(=O)O.O=C(O)C(=O)O.c1cc2c(s1)CCN(C1CNC1)C2.c1cc2c(s1)CCN(C1CNC1)C2. The fourth-order valence-electron chi connectivity index (χ4n) is 4.23. The molecular weight excluding hydrogens is 624 g/mol. The number of carboxylic acids is 6. The summed E-state index contributed by atoms with van der Waals surface area (Å²) in [6.07, 6.45) is 2.53. The molecule has 0 spiro atoms. The van der Waals surface area contributed by atoms with E-state index in [4.69, 9.17) is 59.4 Å². The Bertz CT molecular complexity index is 1150. The van der Waals surface area contributed by atoms with Gasteiger partial charge in [0.1, 0.15) is 0 Å². The van der Waals surface area contributed by atoms with Crippen LogP contribution in [0.4, 0.5) is 0 Å². The first kappa shape index (κ1) is 36.3. The average Bonchev–Trinajstić information content (AvgIpc) is 3.57. The molecule has 2 aromatic heterocycles. The lowest BCUT2D eigenvalue weighted by atomic mass is 10.0. The van der Waals surface area contributed by atoms with Crippen molar-refractivity contribution in [2.45, 2.75) is 38.0 Å². The Balaban J connectivity index is 0.000000204. The highest BCUT2D eigenvalue weighted by Crippen LogP contribution is 2.26. The average molecular weight is 659 g/mol. The van der Waals surface area contributed by atoms with Crippen LogP contribution >= 0.6 is 22.7 Å². The monoisotopic (exact) mass is 658 g/mol. The number of carbonyl (C=O) groups is 6. The molecule has 242 valence electrons. The van der Waals surface area contributed by atoms with E-state index < -0.39 is 35.8 Å². The molecule has 6 rings (SSSR count). The number of nitrogens with zero attached hydrogens (tertiary/aromatic N) is 2. The van der Waals surface area contributed by atoms with E-state index in [1.165, 1.54) is 65.2 Å². The second kappa shape index (κ2) is 18.0. The van der Waals surface area contributed by atoms with Gasteiger partial charge in [0.05, 0.1) is 0 Å². The van der Waals surface area contributed by atoms with E-state index >= 15 is 0 Å². The largest absolute Gasteiger partial charge is 0.473 e.